The summed E-state index contributed by atoms with van der Waals surface area (Å²) in [6.07, 6.45) is 2.24. The second-order valence-electron chi connectivity index (χ2n) is 8.70. The molecule has 0 fully saturated rings. The lowest BCUT2D eigenvalue weighted by atomic mass is 10.1. The molecule has 2 amide bonds. The Kier molecular flexibility index (Phi) is 10.1. The van der Waals surface area contributed by atoms with Crippen LogP contribution in [0.2, 0.25) is 0 Å². The van der Waals surface area contributed by atoms with Crippen molar-refractivity contribution < 1.29 is 22.7 Å². The normalized spacial score (nSPS) is 12.1. The van der Waals surface area contributed by atoms with Gasteiger partial charge in [0.25, 0.3) is 0 Å². The first kappa shape index (κ1) is 28.2. The Morgan fingerprint density at radius 1 is 1.03 bits per heavy atom. The predicted octanol–water partition coefficient (Wildman–Crippen LogP) is 3.41. The second-order valence-corrected chi connectivity index (χ2v) is 10.6. The van der Waals surface area contributed by atoms with Crippen LogP contribution < -0.4 is 14.4 Å². The lowest BCUT2D eigenvalue weighted by molar-refractivity contribution is -0.140. The van der Waals surface area contributed by atoms with Gasteiger partial charge in [0.1, 0.15) is 18.3 Å². The molecule has 2 aromatic rings. The van der Waals surface area contributed by atoms with Crippen LogP contribution in [0.25, 0.3) is 0 Å². The van der Waals surface area contributed by atoms with E-state index in [0.717, 1.165) is 33.7 Å². The average molecular weight is 504 g/mol. The maximum atomic E-state index is 13.7. The predicted molar refractivity (Wildman–Crippen MR) is 139 cm³/mol. The third-order valence-corrected chi connectivity index (χ3v) is 6.76. The lowest BCUT2D eigenvalue weighted by Crippen LogP contribution is -2.52. The van der Waals surface area contributed by atoms with Gasteiger partial charge >= 0.3 is 0 Å². The first-order valence-electron chi connectivity index (χ1n) is 11.8. The number of sulfonamides is 1. The third kappa shape index (κ3) is 7.99. The van der Waals surface area contributed by atoms with Gasteiger partial charge in [-0.25, -0.2) is 8.42 Å². The number of amides is 2. The van der Waals surface area contributed by atoms with Crippen molar-refractivity contribution >= 4 is 27.5 Å². The molecular weight excluding hydrogens is 466 g/mol. The summed E-state index contributed by atoms with van der Waals surface area (Å²) in [5.41, 5.74) is 3.01. The maximum Gasteiger partial charge on any atom is 0.244 e. The smallest absolute Gasteiger partial charge is 0.244 e. The van der Waals surface area contributed by atoms with Crippen LogP contribution in [-0.4, -0.2) is 57.6 Å². The summed E-state index contributed by atoms with van der Waals surface area (Å²) in [7, 11) is -2.19. The molecule has 0 heterocycles. The Morgan fingerprint density at radius 3 is 2.11 bits per heavy atom. The molecular formula is C26H37N3O5S. The minimum atomic E-state index is -3.76. The highest BCUT2D eigenvalue weighted by Crippen LogP contribution is 2.23. The number of rotatable bonds is 12. The van der Waals surface area contributed by atoms with E-state index in [0.29, 0.717) is 24.4 Å². The van der Waals surface area contributed by atoms with Crippen molar-refractivity contribution in [2.75, 3.05) is 30.8 Å². The monoisotopic (exact) mass is 503 g/mol. The molecule has 2 rings (SSSR count). The van der Waals surface area contributed by atoms with E-state index in [-0.39, 0.29) is 12.5 Å². The van der Waals surface area contributed by atoms with Crippen molar-refractivity contribution in [2.24, 2.45) is 0 Å². The number of ether oxygens (including phenoxy) is 1. The van der Waals surface area contributed by atoms with Gasteiger partial charge < -0.3 is 15.0 Å². The Bertz CT molecular complexity index is 1100. The molecule has 0 aliphatic heterocycles. The van der Waals surface area contributed by atoms with E-state index in [2.05, 4.69) is 5.32 Å². The minimum absolute atomic E-state index is 0.158. The average Bonchev–Trinajstić information content (AvgIpc) is 2.79. The molecule has 0 radical (unpaired) electrons. The highest BCUT2D eigenvalue weighted by Gasteiger charge is 2.31. The van der Waals surface area contributed by atoms with E-state index in [4.69, 9.17) is 4.74 Å². The molecule has 1 N–H and O–H groups in total. The first-order valence-corrected chi connectivity index (χ1v) is 13.6. The van der Waals surface area contributed by atoms with Gasteiger partial charge in [-0.2, -0.15) is 0 Å². The van der Waals surface area contributed by atoms with Crippen LogP contribution in [-0.2, 0) is 26.2 Å². The Balaban J connectivity index is 2.44. The fraction of sp³-hybridized carbons (Fsp3) is 0.462. The Labute approximate surface area is 209 Å². The van der Waals surface area contributed by atoms with Crippen molar-refractivity contribution in [2.45, 2.75) is 53.1 Å². The number of nitrogens with zero attached hydrogens (tertiary/aromatic N) is 2. The van der Waals surface area contributed by atoms with Gasteiger partial charge in [-0.15, -0.1) is 0 Å². The fourth-order valence-electron chi connectivity index (χ4n) is 3.92. The summed E-state index contributed by atoms with van der Waals surface area (Å²) in [4.78, 5) is 28.1. The van der Waals surface area contributed by atoms with Gasteiger partial charge in [-0.3, -0.25) is 13.9 Å². The molecule has 0 spiro atoms. The van der Waals surface area contributed by atoms with Gasteiger partial charge in [0.05, 0.1) is 19.1 Å². The number of nitrogens with one attached hydrogen (secondary N) is 1. The van der Waals surface area contributed by atoms with Gasteiger partial charge in [-0.1, -0.05) is 32.0 Å². The Morgan fingerprint density at radius 2 is 1.63 bits per heavy atom. The molecule has 192 valence electrons. The number of hydrogen-bond acceptors (Lipinski definition) is 5. The molecule has 0 aliphatic carbocycles. The molecule has 0 saturated heterocycles. The van der Waals surface area contributed by atoms with Crippen molar-refractivity contribution in [3.8, 4) is 5.75 Å². The standard InChI is InChI=1S/C26H37N3O5S/c1-7-13-27-26(31)24(8-2)28(17-21-9-11-23(34-5)12-10-21)25(30)18-29(35(6,32)33)22-15-19(3)14-20(4)16-22/h9-12,14-16,24H,7-8,13,17-18H2,1-6H3,(H,27,31)/t24-/m1/s1. The topological polar surface area (TPSA) is 96.0 Å². The van der Waals surface area contributed by atoms with E-state index in [1.807, 2.05) is 45.9 Å². The molecule has 2 aromatic carbocycles. The van der Waals surface area contributed by atoms with E-state index in [1.165, 1.54) is 4.90 Å². The van der Waals surface area contributed by atoms with E-state index >= 15 is 0 Å². The van der Waals surface area contributed by atoms with Crippen LogP contribution in [0, 0.1) is 13.8 Å². The van der Waals surface area contributed by atoms with Crippen LogP contribution in [0.5, 0.6) is 5.75 Å². The molecule has 0 saturated carbocycles. The summed E-state index contributed by atoms with van der Waals surface area (Å²) in [6, 6.07) is 11.9. The zero-order valence-corrected chi connectivity index (χ0v) is 22.3. The second kappa shape index (κ2) is 12.6. The van der Waals surface area contributed by atoms with Gasteiger partial charge in [0.2, 0.25) is 21.8 Å². The third-order valence-electron chi connectivity index (χ3n) is 5.62. The highest BCUT2D eigenvalue weighted by molar-refractivity contribution is 7.92. The van der Waals surface area contributed by atoms with Crippen LogP contribution in [0.4, 0.5) is 5.69 Å². The zero-order valence-electron chi connectivity index (χ0n) is 21.5. The number of aryl methyl sites for hydroxylation is 2. The van der Waals surface area contributed by atoms with Crippen LogP contribution in [0.3, 0.4) is 0 Å². The molecule has 8 nitrogen and oxygen atoms in total. The molecule has 9 heteroatoms. The van der Waals surface area contributed by atoms with E-state index < -0.39 is 28.5 Å². The number of methoxy groups -OCH3 is 1. The number of anilines is 1. The van der Waals surface area contributed by atoms with Crippen LogP contribution in [0.15, 0.2) is 42.5 Å². The van der Waals surface area contributed by atoms with Gasteiger partial charge in [0, 0.05) is 13.1 Å². The summed E-state index contributed by atoms with van der Waals surface area (Å²) in [5.74, 6) is -0.0326. The van der Waals surface area contributed by atoms with Crippen LogP contribution >= 0.6 is 0 Å². The first-order chi connectivity index (χ1) is 16.5. The van der Waals surface area contributed by atoms with E-state index in [9.17, 15) is 18.0 Å². The van der Waals surface area contributed by atoms with Gasteiger partial charge in [-0.05, 0) is 67.6 Å². The minimum Gasteiger partial charge on any atom is -0.497 e. The molecule has 35 heavy (non-hydrogen) atoms. The molecule has 0 bridgehead atoms. The van der Waals surface area contributed by atoms with Gasteiger partial charge in [0.15, 0.2) is 0 Å². The maximum absolute atomic E-state index is 13.7. The summed E-state index contributed by atoms with van der Waals surface area (Å²) in [6.45, 7) is 7.79. The SMILES string of the molecule is CCCNC(=O)[C@@H](CC)N(Cc1ccc(OC)cc1)C(=O)CN(c1cc(C)cc(C)c1)S(C)(=O)=O. The zero-order chi connectivity index (χ0) is 26.2. The number of benzene rings is 2. The summed E-state index contributed by atoms with van der Waals surface area (Å²) < 4.78 is 31.8. The van der Waals surface area contributed by atoms with E-state index in [1.54, 1.807) is 31.4 Å². The molecule has 0 unspecified atom stereocenters. The molecule has 0 aromatic heterocycles. The quantitative estimate of drug-likeness (QED) is 0.479. The van der Waals surface area contributed by atoms with Crippen LogP contribution in [0.1, 0.15) is 43.4 Å². The van der Waals surface area contributed by atoms with Crippen molar-refractivity contribution in [3.05, 3.63) is 59.2 Å². The summed E-state index contributed by atoms with van der Waals surface area (Å²) >= 11 is 0. The fourth-order valence-corrected chi connectivity index (χ4v) is 4.75. The summed E-state index contributed by atoms with van der Waals surface area (Å²) in [5, 5.41) is 2.87. The number of hydrogen-bond donors (Lipinski definition) is 1. The number of carbonyl (C=O) groups excluding carboxylic acids is 2. The van der Waals surface area contributed by atoms with Crippen molar-refractivity contribution in [1.29, 1.82) is 0 Å². The lowest BCUT2D eigenvalue weighted by Gasteiger charge is -2.33. The molecule has 0 aliphatic rings. The Hall–Kier alpha value is -3.07. The molecule has 1 atom stereocenters. The van der Waals surface area contributed by atoms with Crippen molar-refractivity contribution in [3.63, 3.8) is 0 Å². The highest BCUT2D eigenvalue weighted by atomic mass is 32.2. The largest absolute Gasteiger partial charge is 0.497 e. The van der Waals surface area contributed by atoms with Crippen molar-refractivity contribution in [1.82, 2.24) is 10.2 Å². The number of carbonyl (C=O) groups is 2.